The molecule has 1 aliphatic heterocycles. The first kappa shape index (κ1) is 22.0. The van der Waals surface area contributed by atoms with Gasteiger partial charge in [-0.3, -0.25) is 4.79 Å². The van der Waals surface area contributed by atoms with E-state index in [0.29, 0.717) is 17.7 Å². The van der Waals surface area contributed by atoms with Crippen molar-refractivity contribution in [3.8, 4) is 23.0 Å². The summed E-state index contributed by atoms with van der Waals surface area (Å²) in [4.78, 5) is 17.0. The molecule has 168 valence electrons. The molecule has 32 heavy (non-hydrogen) atoms. The van der Waals surface area contributed by atoms with Gasteiger partial charge in [-0.05, 0) is 55.0 Å². The predicted octanol–water partition coefficient (Wildman–Crippen LogP) is 3.58. The van der Waals surface area contributed by atoms with Crippen molar-refractivity contribution < 1.29 is 18.7 Å². The lowest BCUT2D eigenvalue weighted by molar-refractivity contribution is -0.128. The molecule has 2 heterocycles. The number of carbonyl (C=O) groups is 1. The second kappa shape index (κ2) is 10.4. The number of anilines is 1. The second-order valence-electron chi connectivity index (χ2n) is 7.31. The number of hydrogen-bond acceptors (Lipinski definition) is 8. The molecule has 0 N–H and O–H groups in total. The van der Waals surface area contributed by atoms with Crippen molar-refractivity contribution in [3.63, 3.8) is 0 Å². The normalized spacial score (nSPS) is 14.2. The molecule has 1 fully saturated rings. The van der Waals surface area contributed by atoms with Crippen LogP contribution >= 0.6 is 11.8 Å². The van der Waals surface area contributed by atoms with Crippen LogP contribution in [0.4, 0.5) is 5.69 Å². The quantitative estimate of drug-likeness (QED) is 0.501. The lowest BCUT2D eigenvalue weighted by atomic mass is 10.2. The SMILES string of the molecule is COc1ccc(-c2nnc(SCC(=O)N3CCCN(c4ccc(OC)cc4)CC3)o2)cc1. The van der Waals surface area contributed by atoms with Crippen molar-refractivity contribution >= 4 is 23.4 Å². The van der Waals surface area contributed by atoms with Crippen molar-refractivity contribution in [1.29, 1.82) is 0 Å². The van der Waals surface area contributed by atoms with E-state index in [1.54, 1.807) is 14.2 Å². The smallest absolute Gasteiger partial charge is 0.277 e. The topological polar surface area (TPSA) is 80.9 Å². The number of ether oxygens (including phenoxy) is 2. The van der Waals surface area contributed by atoms with Crippen molar-refractivity contribution in [3.05, 3.63) is 48.5 Å². The van der Waals surface area contributed by atoms with E-state index in [9.17, 15) is 4.79 Å². The molecule has 0 saturated carbocycles. The molecule has 1 saturated heterocycles. The van der Waals surface area contributed by atoms with Gasteiger partial charge in [-0.25, -0.2) is 0 Å². The first-order valence-corrected chi connectivity index (χ1v) is 11.4. The molecule has 0 bridgehead atoms. The van der Waals surface area contributed by atoms with Gasteiger partial charge in [0.1, 0.15) is 11.5 Å². The highest BCUT2D eigenvalue weighted by atomic mass is 32.2. The van der Waals surface area contributed by atoms with Crippen LogP contribution in [0.5, 0.6) is 11.5 Å². The second-order valence-corrected chi connectivity index (χ2v) is 8.24. The Morgan fingerprint density at radius 1 is 0.938 bits per heavy atom. The van der Waals surface area contributed by atoms with Crippen LogP contribution in [-0.4, -0.2) is 67.2 Å². The Morgan fingerprint density at radius 2 is 1.62 bits per heavy atom. The molecular formula is C23H26N4O4S. The van der Waals surface area contributed by atoms with Gasteiger partial charge >= 0.3 is 0 Å². The summed E-state index contributed by atoms with van der Waals surface area (Å²) >= 11 is 1.27. The Hall–Kier alpha value is -3.20. The molecular weight excluding hydrogens is 428 g/mol. The summed E-state index contributed by atoms with van der Waals surface area (Å²) in [6.45, 7) is 3.14. The maximum atomic E-state index is 12.8. The number of nitrogens with zero attached hydrogens (tertiary/aromatic N) is 4. The fraction of sp³-hybridized carbons (Fsp3) is 0.348. The van der Waals surface area contributed by atoms with Gasteiger partial charge in [0.25, 0.3) is 5.22 Å². The van der Waals surface area contributed by atoms with Crippen LogP contribution in [0.25, 0.3) is 11.5 Å². The Kier molecular flexibility index (Phi) is 7.16. The van der Waals surface area contributed by atoms with Gasteiger partial charge in [-0.2, -0.15) is 0 Å². The predicted molar refractivity (Wildman–Crippen MR) is 123 cm³/mol. The van der Waals surface area contributed by atoms with E-state index in [1.807, 2.05) is 41.3 Å². The zero-order valence-corrected chi connectivity index (χ0v) is 19.0. The zero-order valence-electron chi connectivity index (χ0n) is 18.2. The third-order valence-corrected chi connectivity index (χ3v) is 6.15. The minimum Gasteiger partial charge on any atom is -0.497 e. The monoisotopic (exact) mass is 454 g/mol. The third kappa shape index (κ3) is 5.34. The average Bonchev–Trinajstić information content (AvgIpc) is 3.18. The van der Waals surface area contributed by atoms with E-state index in [-0.39, 0.29) is 11.7 Å². The van der Waals surface area contributed by atoms with Gasteiger partial charge in [-0.15, -0.1) is 10.2 Å². The lowest BCUT2D eigenvalue weighted by Gasteiger charge is -2.23. The van der Waals surface area contributed by atoms with Gasteiger partial charge < -0.3 is 23.7 Å². The van der Waals surface area contributed by atoms with Crippen LogP contribution in [0.3, 0.4) is 0 Å². The molecule has 0 radical (unpaired) electrons. The first-order chi connectivity index (χ1) is 15.7. The Bertz CT molecular complexity index is 1020. The van der Waals surface area contributed by atoms with Gasteiger partial charge in [0.15, 0.2) is 0 Å². The van der Waals surface area contributed by atoms with Crippen molar-refractivity contribution in [2.45, 2.75) is 11.6 Å². The number of hydrogen-bond donors (Lipinski definition) is 0. The lowest BCUT2D eigenvalue weighted by Crippen LogP contribution is -2.36. The van der Waals surface area contributed by atoms with Gasteiger partial charge in [0.2, 0.25) is 11.8 Å². The van der Waals surface area contributed by atoms with Crippen molar-refractivity contribution in [1.82, 2.24) is 15.1 Å². The maximum absolute atomic E-state index is 12.8. The highest BCUT2D eigenvalue weighted by Crippen LogP contribution is 2.25. The first-order valence-electron chi connectivity index (χ1n) is 10.4. The Labute approximate surface area is 191 Å². The number of thioether (sulfide) groups is 1. The Balaban J connectivity index is 1.29. The summed E-state index contributed by atoms with van der Waals surface area (Å²) in [5, 5.41) is 8.53. The van der Waals surface area contributed by atoms with E-state index in [2.05, 4.69) is 27.2 Å². The summed E-state index contributed by atoms with van der Waals surface area (Å²) in [6, 6.07) is 15.4. The minimum absolute atomic E-state index is 0.0794. The molecule has 2 aromatic carbocycles. The summed E-state index contributed by atoms with van der Waals surface area (Å²) in [7, 11) is 3.28. The number of methoxy groups -OCH3 is 2. The number of rotatable bonds is 7. The minimum atomic E-state index is 0.0794. The maximum Gasteiger partial charge on any atom is 0.277 e. The number of aromatic nitrogens is 2. The molecule has 1 aliphatic rings. The summed E-state index contributed by atoms with van der Waals surface area (Å²) in [5.41, 5.74) is 1.95. The largest absolute Gasteiger partial charge is 0.497 e. The molecule has 1 aromatic heterocycles. The van der Waals surface area contributed by atoms with Crippen LogP contribution in [0.1, 0.15) is 6.42 Å². The fourth-order valence-electron chi connectivity index (χ4n) is 3.55. The fourth-order valence-corrected chi connectivity index (χ4v) is 4.22. The van der Waals surface area contributed by atoms with Crippen LogP contribution in [0.15, 0.2) is 58.2 Å². The molecule has 1 amide bonds. The zero-order chi connectivity index (χ0) is 22.3. The summed E-state index contributed by atoms with van der Waals surface area (Å²) in [5.74, 6) is 2.38. The molecule has 3 aromatic rings. The standard InChI is InChI=1S/C23H26N4O4S/c1-29-19-8-4-17(5-9-19)22-24-25-23(31-22)32-16-21(28)27-13-3-12-26(14-15-27)18-6-10-20(30-2)11-7-18/h4-11H,3,12-16H2,1-2H3. The van der Waals surface area contributed by atoms with Crippen molar-refractivity contribution in [2.24, 2.45) is 0 Å². The number of carbonyl (C=O) groups excluding carboxylic acids is 1. The van der Waals surface area contributed by atoms with E-state index in [4.69, 9.17) is 13.9 Å². The Morgan fingerprint density at radius 3 is 2.31 bits per heavy atom. The molecule has 9 heteroatoms. The summed E-state index contributed by atoms with van der Waals surface area (Å²) < 4.78 is 16.1. The van der Waals surface area contributed by atoms with Gasteiger partial charge in [0, 0.05) is 37.4 Å². The van der Waals surface area contributed by atoms with Crippen LogP contribution < -0.4 is 14.4 Å². The molecule has 8 nitrogen and oxygen atoms in total. The molecule has 0 atom stereocenters. The number of amides is 1. The molecule has 0 spiro atoms. The number of benzene rings is 2. The van der Waals surface area contributed by atoms with Crippen molar-refractivity contribution in [2.75, 3.05) is 51.1 Å². The van der Waals surface area contributed by atoms with Crippen LogP contribution in [0.2, 0.25) is 0 Å². The van der Waals surface area contributed by atoms with Crippen LogP contribution in [-0.2, 0) is 4.79 Å². The molecule has 0 aliphatic carbocycles. The van der Waals surface area contributed by atoms with Gasteiger partial charge in [0.05, 0.1) is 20.0 Å². The average molecular weight is 455 g/mol. The van der Waals surface area contributed by atoms with Gasteiger partial charge in [-0.1, -0.05) is 11.8 Å². The molecule has 0 unspecified atom stereocenters. The van der Waals surface area contributed by atoms with E-state index < -0.39 is 0 Å². The van der Waals surface area contributed by atoms with E-state index in [0.717, 1.165) is 48.8 Å². The van der Waals surface area contributed by atoms with Crippen LogP contribution in [0, 0.1) is 0 Å². The highest BCUT2D eigenvalue weighted by molar-refractivity contribution is 7.99. The van der Waals surface area contributed by atoms with E-state index >= 15 is 0 Å². The van der Waals surface area contributed by atoms with E-state index in [1.165, 1.54) is 11.8 Å². The highest BCUT2D eigenvalue weighted by Gasteiger charge is 2.20. The third-order valence-electron chi connectivity index (χ3n) is 5.35. The molecule has 4 rings (SSSR count). The summed E-state index contributed by atoms with van der Waals surface area (Å²) in [6.07, 6.45) is 0.921.